The minimum atomic E-state index is 0.355. The number of aryl methyl sites for hydroxylation is 1. The molecule has 2 atom stereocenters. The molecule has 0 saturated carbocycles. The van der Waals surface area contributed by atoms with E-state index >= 15 is 0 Å². The normalized spacial score (nSPS) is 14.3. The first-order chi connectivity index (χ1) is 10.2. The summed E-state index contributed by atoms with van der Waals surface area (Å²) in [6, 6.07) is 11.1. The highest BCUT2D eigenvalue weighted by Gasteiger charge is 2.20. The second-order valence-corrected chi connectivity index (χ2v) is 6.08. The van der Waals surface area contributed by atoms with Crippen LogP contribution in [-0.2, 0) is 0 Å². The van der Waals surface area contributed by atoms with Crippen molar-refractivity contribution in [1.29, 1.82) is 0 Å². The van der Waals surface area contributed by atoms with E-state index in [0.717, 1.165) is 18.5 Å². The van der Waals surface area contributed by atoms with Crippen LogP contribution in [0.1, 0.15) is 57.3 Å². The molecule has 0 amide bonds. The Morgan fingerprint density at radius 2 is 1.90 bits per heavy atom. The summed E-state index contributed by atoms with van der Waals surface area (Å²) in [5, 5.41) is 4.96. The third-order valence-electron chi connectivity index (χ3n) is 4.19. The molecule has 2 aromatic rings. The Morgan fingerprint density at radius 1 is 1.14 bits per heavy atom. The number of hydrogen-bond donors (Lipinski definition) is 1. The summed E-state index contributed by atoms with van der Waals surface area (Å²) in [5.41, 5.74) is 3.63. The van der Waals surface area contributed by atoms with Gasteiger partial charge in [0, 0.05) is 5.39 Å². The lowest BCUT2D eigenvalue weighted by molar-refractivity contribution is 0.357. The molecule has 1 aromatic carbocycles. The molecule has 0 aliphatic carbocycles. The third kappa shape index (κ3) is 3.82. The summed E-state index contributed by atoms with van der Waals surface area (Å²) in [4.78, 5) is 4.93. The van der Waals surface area contributed by atoms with Crippen LogP contribution in [0.25, 0.3) is 10.9 Å². The van der Waals surface area contributed by atoms with Gasteiger partial charge in [-0.1, -0.05) is 45.4 Å². The molecular formula is C19H28N2. The number of aromatic nitrogens is 1. The standard InChI is InChI=1S/C19H28N2/c1-5-9-14(3)19(20-12-6-2)18-13-15(4)16-10-7-8-11-17(16)21-18/h7-8,10-11,13-14,19-20H,5-6,9,12H2,1-4H3. The van der Waals surface area contributed by atoms with Crippen LogP contribution in [0.4, 0.5) is 0 Å². The molecule has 0 saturated heterocycles. The molecule has 0 radical (unpaired) electrons. The van der Waals surface area contributed by atoms with Gasteiger partial charge in [0.05, 0.1) is 17.3 Å². The van der Waals surface area contributed by atoms with E-state index in [4.69, 9.17) is 4.98 Å². The van der Waals surface area contributed by atoms with Gasteiger partial charge in [-0.05, 0) is 49.9 Å². The fourth-order valence-electron chi connectivity index (χ4n) is 3.05. The van der Waals surface area contributed by atoms with Gasteiger partial charge in [0.15, 0.2) is 0 Å². The maximum Gasteiger partial charge on any atom is 0.0708 e. The van der Waals surface area contributed by atoms with Gasteiger partial charge < -0.3 is 5.32 Å². The Labute approximate surface area is 129 Å². The maximum absolute atomic E-state index is 4.93. The van der Waals surface area contributed by atoms with Crippen molar-refractivity contribution in [3.8, 4) is 0 Å². The van der Waals surface area contributed by atoms with Crippen molar-refractivity contribution >= 4 is 10.9 Å². The number of fused-ring (bicyclic) bond motifs is 1. The fraction of sp³-hybridized carbons (Fsp3) is 0.526. The average Bonchev–Trinajstić information content (AvgIpc) is 2.48. The molecule has 2 heteroatoms. The van der Waals surface area contributed by atoms with Crippen LogP contribution in [0.5, 0.6) is 0 Å². The molecule has 0 fully saturated rings. The van der Waals surface area contributed by atoms with E-state index in [1.165, 1.54) is 29.5 Å². The third-order valence-corrected chi connectivity index (χ3v) is 4.19. The predicted octanol–water partition coefficient (Wildman–Crippen LogP) is 5.02. The van der Waals surface area contributed by atoms with Crippen molar-refractivity contribution in [2.24, 2.45) is 5.92 Å². The van der Waals surface area contributed by atoms with Gasteiger partial charge in [-0.15, -0.1) is 0 Å². The summed E-state index contributed by atoms with van der Waals surface area (Å²) in [6.07, 6.45) is 3.61. The Balaban J connectivity index is 2.38. The van der Waals surface area contributed by atoms with Crippen LogP contribution in [-0.4, -0.2) is 11.5 Å². The lowest BCUT2D eigenvalue weighted by atomic mass is 9.92. The first-order valence-corrected chi connectivity index (χ1v) is 8.27. The van der Waals surface area contributed by atoms with Gasteiger partial charge >= 0.3 is 0 Å². The Kier molecular flexibility index (Phi) is 5.75. The number of rotatable bonds is 7. The zero-order valence-corrected chi connectivity index (χ0v) is 13.8. The lowest BCUT2D eigenvalue weighted by Crippen LogP contribution is -2.28. The Morgan fingerprint density at radius 3 is 2.62 bits per heavy atom. The molecule has 0 aliphatic rings. The van der Waals surface area contributed by atoms with Gasteiger partial charge in [-0.2, -0.15) is 0 Å². The number of nitrogens with zero attached hydrogens (tertiary/aromatic N) is 1. The van der Waals surface area contributed by atoms with Crippen LogP contribution in [0.15, 0.2) is 30.3 Å². The molecule has 1 N–H and O–H groups in total. The van der Waals surface area contributed by atoms with Gasteiger partial charge in [-0.3, -0.25) is 4.98 Å². The molecule has 2 unspecified atom stereocenters. The summed E-state index contributed by atoms with van der Waals surface area (Å²) >= 11 is 0. The second kappa shape index (κ2) is 7.56. The molecule has 0 spiro atoms. The second-order valence-electron chi connectivity index (χ2n) is 6.08. The van der Waals surface area contributed by atoms with Crippen molar-refractivity contribution in [2.75, 3.05) is 6.54 Å². The van der Waals surface area contributed by atoms with Crippen LogP contribution in [0.2, 0.25) is 0 Å². The first-order valence-electron chi connectivity index (χ1n) is 8.27. The van der Waals surface area contributed by atoms with E-state index in [1.54, 1.807) is 0 Å². The highest BCUT2D eigenvalue weighted by Crippen LogP contribution is 2.27. The topological polar surface area (TPSA) is 24.9 Å². The number of pyridine rings is 1. The Bertz CT molecular complexity index is 577. The minimum absolute atomic E-state index is 0.355. The summed E-state index contributed by atoms with van der Waals surface area (Å²) < 4.78 is 0. The smallest absolute Gasteiger partial charge is 0.0708 e. The molecule has 0 bridgehead atoms. The predicted molar refractivity (Wildman–Crippen MR) is 91.6 cm³/mol. The molecule has 2 rings (SSSR count). The van der Waals surface area contributed by atoms with Crippen molar-refractivity contribution in [3.63, 3.8) is 0 Å². The zero-order valence-electron chi connectivity index (χ0n) is 13.8. The highest BCUT2D eigenvalue weighted by atomic mass is 14.9. The SMILES string of the molecule is CCCNC(c1cc(C)c2ccccc2n1)C(C)CCC. The van der Waals surface area contributed by atoms with Gasteiger partial charge in [0.1, 0.15) is 0 Å². The summed E-state index contributed by atoms with van der Waals surface area (Å²) in [7, 11) is 0. The van der Waals surface area contributed by atoms with Crippen molar-refractivity contribution in [1.82, 2.24) is 10.3 Å². The summed E-state index contributed by atoms with van der Waals surface area (Å²) in [6.45, 7) is 10.0. The minimum Gasteiger partial charge on any atom is -0.308 e. The summed E-state index contributed by atoms with van der Waals surface area (Å²) in [5.74, 6) is 0.606. The molecule has 2 nitrogen and oxygen atoms in total. The van der Waals surface area contributed by atoms with Crippen LogP contribution >= 0.6 is 0 Å². The monoisotopic (exact) mass is 284 g/mol. The van der Waals surface area contributed by atoms with Gasteiger partial charge in [0.2, 0.25) is 0 Å². The maximum atomic E-state index is 4.93. The van der Waals surface area contributed by atoms with E-state index in [0.29, 0.717) is 12.0 Å². The van der Waals surface area contributed by atoms with Gasteiger partial charge in [-0.25, -0.2) is 0 Å². The van der Waals surface area contributed by atoms with E-state index in [9.17, 15) is 0 Å². The van der Waals surface area contributed by atoms with E-state index in [2.05, 4.69) is 63.3 Å². The molecule has 114 valence electrons. The molecule has 0 aliphatic heterocycles. The van der Waals surface area contributed by atoms with Crippen LogP contribution in [0.3, 0.4) is 0 Å². The van der Waals surface area contributed by atoms with Crippen LogP contribution < -0.4 is 5.32 Å². The number of hydrogen-bond acceptors (Lipinski definition) is 2. The fourth-order valence-corrected chi connectivity index (χ4v) is 3.05. The van der Waals surface area contributed by atoms with Crippen LogP contribution in [0, 0.1) is 12.8 Å². The van der Waals surface area contributed by atoms with E-state index in [-0.39, 0.29) is 0 Å². The zero-order chi connectivity index (χ0) is 15.2. The average molecular weight is 284 g/mol. The Hall–Kier alpha value is -1.41. The van der Waals surface area contributed by atoms with E-state index in [1.807, 2.05) is 0 Å². The molecule has 1 heterocycles. The van der Waals surface area contributed by atoms with Crippen molar-refractivity contribution in [2.45, 2.75) is 53.0 Å². The molecule has 1 aromatic heterocycles. The largest absolute Gasteiger partial charge is 0.308 e. The number of nitrogens with one attached hydrogen (secondary N) is 1. The first kappa shape index (κ1) is 16.0. The lowest BCUT2D eigenvalue weighted by Gasteiger charge is -2.25. The quantitative estimate of drug-likeness (QED) is 0.772. The van der Waals surface area contributed by atoms with E-state index < -0.39 is 0 Å². The van der Waals surface area contributed by atoms with Crippen molar-refractivity contribution in [3.05, 3.63) is 41.6 Å². The number of benzene rings is 1. The molecular weight excluding hydrogens is 256 g/mol. The number of para-hydroxylation sites is 1. The van der Waals surface area contributed by atoms with Gasteiger partial charge in [0.25, 0.3) is 0 Å². The molecule has 21 heavy (non-hydrogen) atoms. The highest BCUT2D eigenvalue weighted by molar-refractivity contribution is 5.82. The van der Waals surface area contributed by atoms with Crippen molar-refractivity contribution < 1.29 is 0 Å².